The number of aromatic nitrogens is 4. The van der Waals surface area contributed by atoms with E-state index in [2.05, 4.69) is 15.1 Å². The Morgan fingerprint density at radius 1 is 1.16 bits per heavy atom. The molecule has 2 aromatic heterocycles. The molecule has 1 atom stereocenters. The maximum absolute atomic E-state index is 13.3. The quantitative estimate of drug-likeness (QED) is 0.463. The Bertz CT molecular complexity index is 1420. The van der Waals surface area contributed by atoms with Crippen molar-refractivity contribution in [2.75, 3.05) is 12.0 Å². The van der Waals surface area contributed by atoms with Crippen molar-refractivity contribution < 1.29 is 14.3 Å². The normalized spacial score (nSPS) is 16.3. The van der Waals surface area contributed by atoms with Crippen LogP contribution in [0.2, 0.25) is 5.02 Å². The van der Waals surface area contributed by atoms with Gasteiger partial charge >= 0.3 is 0 Å². The summed E-state index contributed by atoms with van der Waals surface area (Å²) in [6.07, 6.45) is -0.136. The van der Waals surface area contributed by atoms with Gasteiger partial charge in [0.15, 0.2) is 0 Å². The SMILES string of the molecule is COc1ccc(Cl)cc1N1C(=O)CC(c2c(C)[nH]n(-c3nc4ccccc4[nH]3)c2=O)C1=O. The van der Waals surface area contributed by atoms with Gasteiger partial charge in [0.05, 0.1) is 35.3 Å². The van der Waals surface area contributed by atoms with Crippen LogP contribution in [0.15, 0.2) is 47.3 Å². The lowest BCUT2D eigenvalue weighted by Gasteiger charge is -2.18. The monoisotopic (exact) mass is 451 g/mol. The smallest absolute Gasteiger partial charge is 0.278 e. The lowest BCUT2D eigenvalue weighted by molar-refractivity contribution is -0.121. The molecule has 1 aliphatic rings. The van der Waals surface area contributed by atoms with Crippen molar-refractivity contribution in [3.63, 3.8) is 0 Å². The van der Waals surface area contributed by atoms with E-state index in [4.69, 9.17) is 16.3 Å². The van der Waals surface area contributed by atoms with E-state index in [-0.39, 0.29) is 17.7 Å². The zero-order chi connectivity index (χ0) is 22.6. The number of fused-ring (bicyclic) bond motifs is 1. The molecule has 2 amide bonds. The molecule has 5 rings (SSSR count). The van der Waals surface area contributed by atoms with Gasteiger partial charge in [-0.05, 0) is 37.3 Å². The molecule has 32 heavy (non-hydrogen) atoms. The fourth-order valence-electron chi connectivity index (χ4n) is 4.11. The maximum atomic E-state index is 13.3. The minimum Gasteiger partial charge on any atom is -0.495 e. The number of nitrogens with zero attached hydrogens (tertiary/aromatic N) is 3. The van der Waals surface area contributed by atoms with Crippen LogP contribution in [0, 0.1) is 6.92 Å². The second kappa shape index (κ2) is 7.38. The number of halogens is 1. The van der Waals surface area contributed by atoms with Crippen LogP contribution in [-0.2, 0) is 9.59 Å². The van der Waals surface area contributed by atoms with Gasteiger partial charge in [-0.2, -0.15) is 4.68 Å². The fourth-order valence-corrected chi connectivity index (χ4v) is 4.28. The number of anilines is 1. The Balaban J connectivity index is 1.56. The number of H-pyrrole nitrogens is 2. The van der Waals surface area contributed by atoms with Crippen molar-refractivity contribution >= 4 is 40.1 Å². The highest BCUT2D eigenvalue weighted by molar-refractivity contribution is 6.31. The van der Waals surface area contributed by atoms with Crippen LogP contribution in [0.3, 0.4) is 0 Å². The van der Waals surface area contributed by atoms with E-state index in [1.54, 1.807) is 19.1 Å². The number of methoxy groups -OCH3 is 1. The lowest BCUT2D eigenvalue weighted by Crippen LogP contribution is -2.31. The first-order valence-corrected chi connectivity index (χ1v) is 10.2. The zero-order valence-corrected chi connectivity index (χ0v) is 17.9. The number of hydrogen-bond acceptors (Lipinski definition) is 5. The number of carbonyl (C=O) groups excluding carboxylic acids is 2. The number of rotatable bonds is 4. The second-order valence-electron chi connectivity index (χ2n) is 7.51. The summed E-state index contributed by atoms with van der Waals surface area (Å²) in [6.45, 7) is 1.69. The van der Waals surface area contributed by atoms with Gasteiger partial charge in [-0.3, -0.25) is 19.5 Å². The Morgan fingerprint density at radius 2 is 1.94 bits per heavy atom. The molecule has 1 aliphatic heterocycles. The molecule has 10 heteroatoms. The van der Waals surface area contributed by atoms with E-state index < -0.39 is 23.3 Å². The molecule has 0 saturated carbocycles. The first kappa shape index (κ1) is 20.1. The highest BCUT2D eigenvalue weighted by atomic mass is 35.5. The number of nitrogens with one attached hydrogen (secondary N) is 2. The Kier molecular flexibility index (Phi) is 4.63. The van der Waals surface area contributed by atoms with E-state index >= 15 is 0 Å². The summed E-state index contributed by atoms with van der Waals surface area (Å²) >= 11 is 6.08. The average molecular weight is 452 g/mol. The molecule has 1 unspecified atom stereocenters. The lowest BCUT2D eigenvalue weighted by atomic mass is 9.98. The summed E-state index contributed by atoms with van der Waals surface area (Å²) < 4.78 is 6.55. The van der Waals surface area contributed by atoms with Gasteiger partial charge in [0, 0.05) is 17.1 Å². The molecule has 2 N–H and O–H groups in total. The summed E-state index contributed by atoms with van der Waals surface area (Å²) in [5, 5.41) is 3.33. The van der Waals surface area contributed by atoms with Crippen molar-refractivity contribution in [3.05, 3.63) is 69.1 Å². The van der Waals surface area contributed by atoms with Gasteiger partial charge in [-0.15, -0.1) is 0 Å². The first-order chi connectivity index (χ1) is 15.4. The zero-order valence-electron chi connectivity index (χ0n) is 17.2. The van der Waals surface area contributed by atoms with E-state index in [1.807, 2.05) is 24.3 Å². The van der Waals surface area contributed by atoms with Crippen LogP contribution >= 0.6 is 11.6 Å². The number of amides is 2. The van der Waals surface area contributed by atoms with Gasteiger partial charge < -0.3 is 9.72 Å². The number of aromatic amines is 2. The molecule has 0 spiro atoms. The standard InChI is InChI=1S/C22H18ClN5O4/c1-11-19(21(31)28(26-11)22-24-14-5-3-4-6-15(14)25-22)13-10-18(29)27(20(13)30)16-9-12(23)7-8-17(16)32-2/h3-9,13,26H,10H2,1-2H3,(H,24,25). The molecule has 0 aliphatic carbocycles. The molecule has 0 radical (unpaired) electrons. The maximum Gasteiger partial charge on any atom is 0.278 e. The molecule has 162 valence electrons. The third-order valence-electron chi connectivity index (χ3n) is 5.58. The highest BCUT2D eigenvalue weighted by Crippen LogP contribution is 2.38. The summed E-state index contributed by atoms with van der Waals surface area (Å²) in [6, 6.07) is 12.1. The van der Waals surface area contributed by atoms with Crippen LogP contribution in [0.25, 0.3) is 17.0 Å². The van der Waals surface area contributed by atoms with Gasteiger partial charge in [0.25, 0.3) is 5.56 Å². The van der Waals surface area contributed by atoms with Crippen molar-refractivity contribution in [2.24, 2.45) is 0 Å². The summed E-state index contributed by atoms with van der Waals surface area (Å²) in [4.78, 5) is 48.0. The molecule has 1 fully saturated rings. The number of para-hydroxylation sites is 2. The minimum absolute atomic E-state index is 0.136. The first-order valence-electron chi connectivity index (χ1n) is 9.86. The number of hydrogen-bond donors (Lipinski definition) is 2. The average Bonchev–Trinajstić information content (AvgIpc) is 3.41. The molecule has 0 bridgehead atoms. The van der Waals surface area contributed by atoms with Gasteiger partial charge in [0.1, 0.15) is 5.75 Å². The van der Waals surface area contributed by atoms with E-state index in [9.17, 15) is 14.4 Å². The van der Waals surface area contributed by atoms with Gasteiger partial charge in [-0.25, -0.2) is 9.88 Å². The largest absolute Gasteiger partial charge is 0.495 e. The van der Waals surface area contributed by atoms with Crippen LogP contribution in [0.5, 0.6) is 5.75 Å². The minimum atomic E-state index is -0.930. The molecular formula is C22H18ClN5O4. The Hall–Kier alpha value is -3.85. The van der Waals surface area contributed by atoms with Crippen molar-refractivity contribution in [3.8, 4) is 11.7 Å². The number of ether oxygens (including phenoxy) is 1. The topological polar surface area (TPSA) is 113 Å². The molecule has 2 aromatic carbocycles. The Morgan fingerprint density at radius 3 is 2.69 bits per heavy atom. The molecule has 3 heterocycles. The van der Waals surface area contributed by atoms with Gasteiger partial charge in [0.2, 0.25) is 17.8 Å². The van der Waals surface area contributed by atoms with Crippen LogP contribution in [-0.4, -0.2) is 38.7 Å². The molecular weight excluding hydrogens is 434 g/mol. The highest BCUT2D eigenvalue weighted by Gasteiger charge is 2.44. The summed E-state index contributed by atoms with van der Waals surface area (Å²) in [5.74, 6) is -1.24. The van der Waals surface area contributed by atoms with Crippen molar-refractivity contribution in [1.29, 1.82) is 0 Å². The number of benzene rings is 2. The van der Waals surface area contributed by atoms with E-state index in [0.717, 1.165) is 10.4 Å². The summed E-state index contributed by atoms with van der Waals surface area (Å²) in [5.41, 5.74) is 2.01. The predicted molar refractivity (Wildman–Crippen MR) is 119 cm³/mol. The van der Waals surface area contributed by atoms with Crippen LogP contribution < -0.4 is 15.2 Å². The Labute approximate surface area is 186 Å². The van der Waals surface area contributed by atoms with Gasteiger partial charge in [-0.1, -0.05) is 23.7 Å². The third kappa shape index (κ3) is 3.01. The molecule has 1 saturated heterocycles. The van der Waals surface area contributed by atoms with E-state index in [1.165, 1.54) is 17.9 Å². The van der Waals surface area contributed by atoms with E-state index in [0.29, 0.717) is 27.9 Å². The predicted octanol–water partition coefficient (Wildman–Crippen LogP) is 3.06. The number of imidazole rings is 1. The van der Waals surface area contributed by atoms with Crippen molar-refractivity contribution in [1.82, 2.24) is 19.7 Å². The number of aryl methyl sites for hydroxylation is 1. The fraction of sp³-hybridized carbons (Fsp3) is 0.182. The van der Waals surface area contributed by atoms with Crippen LogP contribution in [0.4, 0.5) is 5.69 Å². The second-order valence-corrected chi connectivity index (χ2v) is 7.95. The molecule has 9 nitrogen and oxygen atoms in total. The number of imide groups is 1. The van der Waals surface area contributed by atoms with Crippen LogP contribution in [0.1, 0.15) is 23.6 Å². The number of carbonyl (C=O) groups is 2. The van der Waals surface area contributed by atoms with Crippen molar-refractivity contribution in [2.45, 2.75) is 19.3 Å². The third-order valence-corrected chi connectivity index (χ3v) is 5.82. The summed E-state index contributed by atoms with van der Waals surface area (Å²) in [7, 11) is 1.44. The molecule has 4 aromatic rings.